The molecule has 0 aliphatic carbocycles. The van der Waals surface area contributed by atoms with Gasteiger partial charge in [-0.3, -0.25) is 14.5 Å². The molecule has 1 heterocycles. The van der Waals surface area contributed by atoms with Crippen LogP contribution in [0.5, 0.6) is 0 Å². The van der Waals surface area contributed by atoms with Crippen LogP contribution >= 0.6 is 12.4 Å². The van der Waals surface area contributed by atoms with Gasteiger partial charge in [-0.25, -0.2) is 0 Å². The number of aliphatic carboxylic acids is 1. The van der Waals surface area contributed by atoms with Crippen molar-refractivity contribution >= 4 is 24.3 Å². The highest BCUT2D eigenvalue weighted by molar-refractivity contribution is 5.85. The summed E-state index contributed by atoms with van der Waals surface area (Å²) in [5.41, 5.74) is -0.399. The summed E-state index contributed by atoms with van der Waals surface area (Å²) in [5, 5.41) is 8.98. The van der Waals surface area contributed by atoms with Gasteiger partial charge < -0.3 is 10.0 Å². The highest BCUT2D eigenvalue weighted by Crippen LogP contribution is 2.32. The van der Waals surface area contributed by atoms with Crippen molar-refractivity contribution in [2.45, 2.75) is 44.9 Å². The first kappa shape index (κ1) is 23.2. The molecule has 1 atom stereocenters. The van der Waals surface area contributed by atoms with Gasteiger partial charge in [0, 0.05) is 26.1 Å². The maximum absolute atomic E-state index is 13.1. The van der Waals surface area contributed by atoms with Crippen molar-refractivity contribution in [1.29, 1.82) is 0 Å². The third kappa shape index (κ3) is 6.70. The number of alkyl halides is 3. The fraction of sp³-hybridized carbons (Fsp3) is 0.556. The van der Waals surface area contributed by atoms with Crippen LogP contribution in [-0.2, 0) is 22.3 Å². The lowest BCUT2D eigenvalue weighted by atomic mass is 10.1. The number of amides is 1. The zero-order chi connectivity index (χ0) is 19.3. The molecule has 1 aliphatic heterocycles. The van der Waals surface area contributed by atoms with Crippen LogP contribution in [-0.4, -0.2) is 52.5 Å². The summed E-state index contributed by atoms with van der Waals surface area (Å²) in [4.78, 5) is 26.0. The lowest BCUT2D eigenvalue weighted by Crippen LogP contribution is -2.42. The number of carboxylic acids is 1. The van der Waals surface area contributed by atoms with Gasteiger partial charge in [0.1, 0.15) is 6.54 Å². The van der Waals surface area contributed by atoms with Gasteiger partial charge in [0.25, 0.3) is 0 Å². The van der Waals surface area contributed by atoms with E-state index in [1.54, 1.807) is 6.07 Å². The van der Waals surface area contributed by atoms with E-state index in [4.69, 9.17) is 5.11 Å². The zero-order valence-corrected chi connectivity index (χ0v) is 15.9. The van der Waals surface area contributed by atoms with Crippen LogP contribution in [0.25, 0.3) is 0 Å². The number of halogens is 4. The average Bonchev–Trinajstić information content (AvgIpc) is 2.77. The number of benzene rings is 1. The van der Waals surface area contributed by atoms with E-state index in [1.165, 1.54) is 24.0 Å². The molecule has 1 N–H and O–H groups in total. The summed E-state index contributed by atoms with van der Waals surface area (Å²) in [6.07, 6.45) is -2.51. The standard InChI is InChI=1S/C18H23F3N2O3.ClH/c1-13(24)23(12-17(25)26)15-6-4-9-22(10-8-15)11-14-5-2-3-7-16(14)18(19,20)21;/h2-3,5,7,15H,4,6,8-12H2,1H3,(H,25,26);1H. The average molecular weight is 409 g/mol. The molecule has 5 nitrogen and oxygen atoms in total. The van der Waals surface area contributed by atoms with Crippen molar-refractivity contribution in [3.63, 3.8) is 0 Å². The third-order valence-corrected chi connectivity index (χ3v) is 4.66. The van der Waals surface area contributed by atoms with E-state index < -0.39 is 17.7 Å². The van der Waals surface area contributed by atoms with Crippen LogP contribution in [0.2, 0.25) is 0 Å². The Balaban J connectivity index is 0.00000364. The number of rotatable bonds is 5. The molecule has 1 aromatic carbocycles. The van der Waals surface area contributed by atoms with Crippen molar-refractivity contribution in [3.8, 4) is 0 Å². The predicted molar refractivity (Wildman–Crippen MR) is 96.6 cm³/mol. The maximum Gasteiger partial charge on any atom is 0.416 e. The Morgan fingerprint density at radius 3 is 2.48 bits per heavy atom. The fourth-order valence-corrected chi connectivity index (χ4v) is 3.43. The molecule has 152 valence electrons. The van der Waals surface area contributed by atoms with E-state index in [0.29, 0.717) is 32.4 Å². The highest BCUT2D eigenvalue weighted by atomic mass is 35.5. The number of carboxylic acid groups (broad SMARTS) is 1. The molecule has 0 bridgehead atoms. The molecule has 1 fully saturated rings. The Labute approximate surface area is 162 Å². The van der Waals surface area contributed by atoms with Gasteiger partial charge in [0.2, 0.25) is 5.91 Å². The second kappa shape index (κ2) is 9.94. The van der Waals surface area contributed by atoms with E-state index in [9.17, 15) is 22.8 Å². The Morgan fingerprint density at radius 1 is 1.22 bits per heavy atom. The molecule has 0 aromatic heterocycles. The number of hydrogen-bond donors (Lipinski definition) is 1. The van der Waals surface area contributed by atoms with E-state index in [1.807, 2.05) is 4.90 Å². The molecule has 1 aliphatic rings. The number of hydrogen-bond acceptors (Lipinski definition) is 3. The van der Waals surface area contributed by atoms with Crippen LogP contribution in [0, 0.1) is 0 Å². The summed E-state index contributed by atoms with van der Waals surface area (Å²) < 4.78 is 39.4. The third-order valence-electron chi connectivity index (χ3n) is 4.66. The molecular weight excluding hydrogens is 385 g/mol. The van der Waals surface area contributed by atoms with Gasteiger partial charge >= 0.3 is 12.1 Å². The lowest BCUT2D eigenvalue weighted by Gasteiger charge is -2.29. The number of likely N-dealkylation sites (tertiary alicyclic amines) is 1. The number of carbonyl (C=O) groups is 2. The highest BCUT2D eigenvalue weighted by Gasteiger charge is 2.33. The first-order chi connectivity index (χ1) is 12.2. The van der Waals surface area contributed by atoms with Gasteiger partial charge in [-0.1, -0.05) is 18.2 Å². The first-order valence-corrected chi connectivity index (χ1v) is 8.55. The summed E-state index contributed by atoms with van der Waals surface area (Å²) in [7, 11) is 0. The summed E-state index contributed by atoms with van der Waals surface area (Å²) in [5.74, 6) is -1.37. The van der Waals surface area contributed by atoms with Gasteiger partial charge in [-0.2, -0.15) is 13.2 Å². The number of carbonyl (C=O) groups excluding carboxylic acids is 1. The Morgan fingerprint density at radius 2 is 1.89 bits per heavy atom. The Bertz CT molecular complexity index is 655. The lowest BCUT2D eigenvalue weighted by molar-refractivity contribution is -0.145. The predicted octanol–water partition coefficient (Wildman–Crippen LogP) is 3.41. The smallest absolute Gasteiger partial charge is 0.416 e. The summed E-state index contributed by atoms with van der Waals surface area (Å²) in [6, 6.07) is 5.33. The minimum atomic E-state index is -4.39. The second-order valence-electron chi connectivity index (χ2n) is 6.56. The van der Waals surface area contributed by atoms with Crippen LogP contribution in [0.1, 0.15) is 37.3 Å². The van der Waals surface area contributed by atoms with Gasteiger partial charge in [0.05, 0.1) is 5.56 Å². The molecule has 1 saturated heterocycles. The minimum Gasteiger partial charge on any atom is -0.480 e. The van der Waals surface area contributed by atoms with Crippen LogP contribution < -0.4 is 0 Å². The van der Waals surface area contributed by atoms with E-state index in [0.717, 1.165) is 6.07 Å². The maximum atomic E-state index is 13.1. The van der Waals surface area contributed by atoms with Crippen molar-refractivity contribution in [3.05, 3.63) is 35.4 Å². The van der Waals surface area contributed by atoms with Crippen molar-refractivity contribution in [2.24, 2.45) is 0 Å². The van der Waals surface area contributed by atoms with Crippen molar-refractivity contribution < 1.29 is 27.9 Å². The molecule has 1 unspecified atom stereocenters. The zero-order valence-electron chi connectivity index (χ0n) is 15.0. The summed E-state index contributed by atoms with van der Waals surface area (Å²) >= 11 is 0. The minimum absolute atomic E-state index is 0. The molecule has 0 radical (unpaired) electrons. The van der Waals surface area contributed by atoms with Crippen LogP contribution in [0.15, 0.2) is 24.3 Å². The monoisotopic (exact) mass is 408 g/mol. The van der Waals surface area contributed by atoms with E-state index >= 15 is 0 Å². The largest absolute Gasteiger partial charge is 0.480 e. The molecule has 0 saturated carbocycles. The molecular formula is C18H24ClF3N2O3. The molecule has 27 heavy (non-hydrogen) atoms. The molecule has 1 amide bonds. The van der Waals surface area contributed by atoms with Crippen molar-refractivity contribution in [2.75, 3.05) is 19.6 Å². The first-order valence-electron chi connectivity index (χ1n) is 8.55. The quantitative estimate of drug-likeness (QED) is 0.811. The molecule has 9 heteroatoms. The van der Waals surface area contributed by atoms with E-state index in [2.05, 4.69) is 0 Å². The molecule has 2 rings (SSSR count). The Kier molecular flexibility index (Phi) is 8.56. The Hall–Kier alpha value is -1.80. The fourth-order valence-electron chi connectivity index (χ4n) is 3.43. The summed E-state index contributed by atoms with van der Waals surface area (Å²) in [6.45, 7) is 2.30. The van der Waals surface area contributed by atoms with Crippen LogP contribution in [0.3, 0.4) is 0 Å². The van der Waals surface area contributed by atoms with Crippen LogP contribution in [0.4, 0.5) is 13.2 Å². The topological polar surface area (TPSA) is 60.9 Å². The van der Waals surface area contributed by atoms with Gasteiger partial charge in [-0.15, -0.1) is 12.4 Å². The normalized spacial score (nSPS) is 18.3. The SMILES string of the molecule is CC(=O)N(CC(=O)O)C1CCCN(Cc2ccccc2C(F)(F)F)CC1.Cl. The molecule has 1 aromatic rings. The van der Waals surface area contributed by atoms with Crippen molar-refractivity contribution in [1.82, 2.24) is 9.80 Å². The molecule has 0 spiro atoms. The van der Waals surface area contributed by atoms with Gasteiger partial charge in [-0.05, 0) is 37.4 Å². The van der Waals surface area contributed by atoms with E-state index in [-0.39, 0.29) is 43.0 Å². The second-order valence-corrected chi connectivity index (χ2v) is 6.56. The van der Waals surface area contributed by atoms with Gasteiger partial charge in [0.15, 0.2) is 0 Å². The number of nitrogens with zero attached hydrogens (tertiary/aromatic N) is 2.